The summed E-state index contributed by atoms with van der Waals surface area (Å²) >= 11 is 1.50. The van der Waals surface area contributed by atoms with E-state index in [1.54, 1.807) is 0 Å². The number of likely N-dealkylation sites (tertiary alicyclic amines) is 1. The van der Waals surface area contributed by atoms with Gasteiger partial charge in [-0.15, -0.1) is 11.3 Å². The van der Waals surface area contributed by atoms with Crippen LogP contribution in [0.15, 0.2) is 17.5 Å². The third kappa shape index (κ3) is 4.03. The first-order valence-corrected chi connectivity index (χ1v) is 7.75. The molecule has 2 N–H and O–H groups in total. The standard InChI is InChI=1S/C14H22N2O2S/c1-11-8-12(15-5-3-6-17)10-16(9-11)14(18)13-4-2-7-19-13/h2,4,7,11-12,15,17H,3,5-6,8-10H2,1H3. The van der Waals surface area contributed by atoms with Gasteiger partial charge in [-0.1, -0.05) is 13.0 Å². The number of piperidine rings is 1. The van der Waals surface area contributed by atoms with E-state index in [4.69, 9.17) is 5.11 Å². The number of amides is 1. The first-order valence-electron chi connectivity index (χ1n) is 6.87. The van der Waals surface area contributed by atoms with E-state index in [-0.39, 0.29) is 12.5 Å². The van der Waals surface area contributed by atoms with Crippen LogP contribution in [0.2, 0.25) is 0 Å². The lowest BCUT2D eigenvalue weighted by molar-refractivity contribution is 0.0644. The quantitative estimate of drug-likeness (QED) is 0.806. The van der Waals surface area contributed by atoms with Crippen molar-refractivity contribution in [2.45, 2.75) is 25.8 Å². The van der Waals surface area contributed by atoms with Gasteiger partial charge in [-0.2, -0.15) is 0 Å². The molecule has 1 amide bonds. The molecule has 1 aliphatic rings. The number of nitrogens with one attached hydrogen (secondary N) is 1. The Morgan fingerprint density at radius 2 is 2.42 bits per heavy atom. The van der Waals surface area contributed by atoms with E-state index in [9.17, 15) is 4.79 Å². The van der Waals surface area contributed by atoms with Crippen LogP contribution in [-0.4, -0.2) is 48.2 Å². The average Bonchev–Trinajstić information content (AvgIpc) is 2.91. The molecule has 0 saturated carbocycles. The highest BCUT2D eigenvalue weighted by molar-refractivity contribution is 7.12. The Balaban J connectivity index is 1.92. The maximum Gasteiger partial charge on any atom is 0.263 e. The molecule has 1 fully saturated rings. The van der Waals surface area contributed by atoms with Gasteiger partial charge in [0.05, 0.1) is 4.88 Å². The highest BCUT2D eigenvalue weighted by atomic mass is 32.1. The van der Waals surface area contributed by atoms with E-state index >= 15 is 0 Å². The average molecular weight is 282 g/mol. The molecule has 0 aromatic carbocycles. The van der Waals surface area contributed by atoms with Gasteiger partial charge in [-0.3, -0.25) is 4.79 Å². The summed E-state index contributed by atoms with van der Waals surface area (Å²) in [6, 6.07) is 4.15. The number of aliphatic hydroxyl groups is 1. The highest BCUT2D eigenvalue weighted by Gasteiger charge is 2.28. The zero-order valence-electron chi connectivity index (χ0n) is 11.3. The van der Waals surface area contributed by atoms with E-state index < -0.39 is 0 Å². The molecule has 2 rings (SSSR count). The molecule has 0 spiro atoms. The fraction of sp³-hybridized carbons (Fsp3) is 0.643. The van der Waals surface area contributed by atoms with Crippen LogP contribution in [0.25, 0.3) is 0 Å². The number of aliphatic hydroxyl groups excluding tert-OH is 1. The summed E-state index contributed by atoms with van der Waals surface area (Å²) in [6.45, 7) is 4.83. The number of hydrogen-bond donors (Lipinski definition) is 2. The maximum absolute atomic E-state index is 12.4. The van der Waals surface area contributed by atoms with Crippen LogP contribution in [0.4, 0.5) is 0 Å². The molecule has 2 unspecified atom stereocenters. The predicted octanol–water partition coefficient (Wildman–Crippen LogP) is 1.57. The molecule has 19 heavy (non-hydrogen) atoms. The Bertz CT molecular complexity index is 394. The van der Waals surface area contributed by atoms with Crippen LogP contribution in [0.1, 0.15) is 29.4 Å². The number of nitrogens with zero attached hydrogens (tertiary/aromatic N) is 1. The van der Waals surface area contributed by atoms with Gasteiger partial charge in [0.25, 0.3) is 5.91 Å². The second kappa shape index (κ2) is 7.03. The van der Waals surface area contributed by atoms with Gasteiger partial charge >= 0.3 is 0 Å². The second-order valence-electron chi connectivity index (χ2n) is 5.26. The molecule has 5 heteroatoms. The summed E-state index contributed by atoms with van der Waals surface area (Å²) in [6.07, 6.45) is 1.86. The zero-order chi connectivity index (χ0) is 13.7. The summed E-state index contributed by atoms with van der Waals surface area (Å²) in [7, 11) is 0. The van der Waals surface area contributed by atoms with Crippen molar-refractivity contribution < 1.29 is 9.90 Å². The first-order chi connectivity index (χ1) is 9.20. The minimum absolute atomic E-state index is 0.149. The molecular formula is C14H22N2O2S. The summed E-state index contributed by atoms with van der Waals surface area (Å²) in [5.41, 5.74) is 0. The highest BCUT2D eigenvalue weighted by Crippen LogP contribution is 2.20. The van der Waals surface area contributed by atoms with Crippen molar-refractivity contribution in [2.24, 2.45) is 5.92 Å². The molecule has 2 atom stereocenters. The van der Waals surface area contributed by atoms with Crippen molar-refractivity contribution in [3.63, 3.8) is 0 Å². The van der Waals surface area contributed by atoms with Crippen molar-refractivity contribution in [3.05, 3.63) is 22.4 Å². The topological polar surface area (TPSA) is 52.6 Å². The van der Waals surface area contributed by atoms with Crippen molar-refractivity contribution in [1.82, 2.24) is 10.2 Å². The van der Waals surface area contributed by atoms with Gasteiger partial charge in [-0.05, 0) is 36.8 Å². The van der Waals surface area contributed by atoms with E-state index in [0.717, 1.165) is 37.4 Å². The third-order valence-corrected chi connectivity index (χ3v) is 4.30. The van der Waals surface area contributed by atoms with Crippen LogP contribution >= 0.6 is 11.3 Å². The molecule has 4 nitrogen and oxygen atoms in total. The Hall–Kier alpha value is -0.910. The normalized spacial score (nSPS) is 23.6. The van der Waals surface area contributed by atoms with E-state index in [1.165, 1.54) is 11.3 Å². The van der Waals surface area contributed by atoms with Gasteiger partial charge < -0.3 is 15.3 Å². The summed E-state index contributed by atoms with van der Waals surface area (Å²) in [4.78, 5) is 15.1. The van der Waals surface area contributed by atoms with Gasteiger partial charge in [0.1, 0.15) is 0 Å². The molecule has 2 heterocycles. The summed E-state index contributed by atoms with van der Waals surface area (Å²) < 4.78 is 0. The van der Waals surface area contributed by atoms with E-state index in [0.29, 0.717) is 12.0 Å². The number of carbonyl (C=O) groups excluding carboxylic acids is 1. The SMILES string of the molecule is CC1CC(NCCCO)CN(C(=O)c2cccs2)C1. The van der Waals surface area contributed by atoms with Crippen molar-refractivity contribution in [2.75, 3.05) is 26.2 Å². The molecule has 1 aromatic rings. The Labute approximate surface area is 118 Å². The molecular weight excluding hydrogens is 260 g/mol. The van der Waals surface area contributed by atoms with E-state index in [1.807, 2.05) is 22.4 Å². The van der Waals surface area contributed by atoms with Gasteiger partial charge in [0, 0.05) is 25.7 Å². The number of rotatable bonds is 5. The largest absolute Gasteiger partial charge is 0.396 e. The second-order valence-corrected chi connectivity index (χ2v) is 6.20. The molecule has 106 valence electrons. The third-order valence-electron chi connectivity index (χ3n) is 3.45. The number of hydrogen-bond acceptors (Lipinski definition) is 4. The minimum atomic E-state index is 0.149. The molecule has 1 aromatic heterocycles. The minimum Gasteiger partial charge on any atom is -0.396 e. The van der Waals surface area contributed by atoms with Crippen molar-refractivity contribution in [3.8, 4) is 0 Å². The zero-order valence-corrected chi connectivity index (χ0v) is 12.2. The first kappa shape index (κ1) is 14.5. The fourth-order valence-electron chi connectivity index (χ4n) is 2.61. The van der Waals surface area contributed by atoms with Gasteiger partial charge in [-0.25, -0.2) is 0 Å². The lowest BCUT2D eigenvalue weighted by Gasteiger charge is -2.36. The van der Waals surface area contributed by atoms with Crippen LogP contribution < -0.4 is 5.32 Å². The monoisotopic (exact) mass is 282 g/mol. The summed E-state index contributed by atoms with van der Waals surface area (Å²) in [5, 5.41) is 14.2. The Morgan fingerprint density at radius 3 is 3.11 bits per heavy atom. The van der Waals surface area contributed by atoms with Crippen molar-refractivity contribution in [1.29, 1.82) is 0 Å². The number of carbonyl (C=O) groups is 1. The van der Waals surface area contributed by atoms with Gasteiger partial charge in [0.2, 0.25) is 0 Å². The smallest absolute Gasteiger partial charge is 0.263 e. The molecule has 1 aliphatic heterocycles. The Kier molecular flexibility index (Phi) is 5.36. The number of thiophene rings is 1. The lowest BCUT2D eigenvalue weighted by Crippen LogP contribution is -2.50. The molecule has 0 aliphatic carbocycles. The van der Waals surface area contributed by atoms with Gasteiger partial charge in [0.15, 0.2) is 0 Å². The van der Waals surface area contributed by atoms with Crippen LogP contribution in [0.3, 0.4) is 0 Å². The van der Waals surface area contributed by atoms with E-state index in [2.05, 4.69) is 12.2 Å². The molecule has 0 bridgehead atoms. The van der Waals surface area contributed by atoms with Crippen LogP contribution in [-0.2, 0) is 0 Å². The fourth-order valence-corrected chi connectivity index (χ4v) is 3.30. The summed E-state index contributed by atoms with van der Waals surface area (Å²) in [5.74, 6) is 0.666. The maximum atomic E-state index is 12.4. The van der Waals surface area contributed by atoms with Crippen LogP contribution in [0.5, 0.6) is 0 Å². The molecule has 0 radical (unpaired) electrons. The Morgan fingerprint density at radius 1 is 1.58 bits per heavy atom. The lowest BCUT2D eigenvalue weighted by atomic mass is 9.95. The van der Waals surface area contributed by atoms with Crippen LogP contribution in [0, 0.1) is 5.92 Å². The predicted molar refractivity (Wildman–Crippen MR) is 77.5 cm³/mol. The van der Waals surface area contributed by atoms with Crippen molar-refractivity contribution >= 4 is 17.2 Å². The molecule has 1 saturated heterocycles.